The van der Waals surface area contributed by atoms with E-state index in [1.165, 1.54) is 10.6 Å². The van der Waals surface area contributed by atoms with Crippen molar-refractivity contribution in [2.75, 3.05) is 13.3 Å². The normalized spacial score (nSPS) is 41.8. The quantitative estimate of drug-likeness (QED) is 0.717. The summed E-state index contributed by atoms with van der Waals surface area (Å²) in [4.78, 5) is 0. The molecule has 0 aromatic carbocycles. The van der Waals surface area contributed by atoms with E-state index in [2.05, 4.69) is 0 Å². The first kappa shape index (κ1) is 11.2. The minimum atomic E-state index is -3.03. The number of sulfonamides is 1. The first-order valence-corrected chi connectivity index (χ1v) is 5.85. The largest absolute Gasteiger partial charge is 0.325 e. The fourth-order valence-electron chi connectivity index (χ4n) is 2.50. The van der Waals surface area contributed by atoms with Crippen molar-refractivity contribution in [3.05, 3.63) is 0 Å². The van der Waals surface area contributed by atoms with Gasteiger partial charge in [0.1, 0.15) is 0 Å². The third-order valence-corrected chi connectivity index (χ3v) is 4.59. The number of halogens is 1. The molecule has 0 amide bonds. The molecule has 3 aliphatic rings. The van der Waals surface area contributed by atoms with Crippen molar-refractivity contribution in [3.8, 4) is 0 Å². The van der Waals surface area contributed by atoms with Gasteiger partial charge < -0.3 is 5.73 Å². The number of rotatable bonds is 2. The summed E-state index contributed by atoms with van der Waals surface area (Å²) in [5, 5.41) is 0. The van der Waals surface area contributed by atoms with E-state index in [0.717, 1.165) is 19.3 Å². The second-order valence-electron chi connectivity index (χ2n) is 4.35. The Morgan fingerprint density at radius 3 is 1.92 bits per heavy atom. The van der Waals surface area contributed by atoms with Crippen LogP contribution >= 0.6 is 12.4 Å². The fraction of sp³-hybridized carbons (Fsp3) is 1.00. The highest BCUT2D eigenvalue weighted by Crippen LogP contribution is 2.62. The van der Waals surface area contributed by atoms with Gasteiger partial charge in [0.05, 0.1) is 6.26 Å². The van der Waals surface area contributed by atoms with Crippen LogP contribution in [-0.2, 0) is 10.0 Å². The molecule has 3 rings (SSSR count). The van der Waals surface area contributed by atoms with Crippen LogP contribution in [0.5, 0.6) is 0 Å². The van der Waals surface area contributed by atoms with Gasteiger partial charge in [-0.05, 0) is 19.3 Å². The highest BCUT2D eigenvalue weighted by Gasteiger charge is 2.69. The van der Waals surface area contributed by atoms with E-state index in [-0.39, 0.29) is 23.5 Å². The van der Waals surface area contributed by atoms with Crippen molar-refractivity contribution in [2.45, 2.75) is 30.3 Å². The van der Waals surface area contributed by atoms with Gasteiger partial charge in [-0.2, -0.15) is 4.31 Å². The van der Waals surface area contributed by atoms with E-state index in [0.29, 0.717) is 0 Å². The van der Waals surface area contributed by atoms with Gasteiger partial charge in [-0.25, -0.2) is 8.42 Å². The molecule has 78 valence electrons. The molecule has 3 saturated carbocycles. The van der Waals surface area contributed by atoms with Crippen molar-refractivity contribution in [3.63, 3.8) is 0 Å². The van der Waals surface area contributed by atoms with Crippen molar-refractivity contribution in [2.24, 2.45) is 5.73 Å². The maximum Gasteiger partial charge on any atom is 0.211 e. The first-order chi connectivity index (χ1) is 5.28. The molecule has 0 radical (unpaired) electrons. The van der Waals surface area contributed by atoms with Crippen molar-refractivity contribution in [1.29, 1.82) is 0 Å². The van der Waals surface area contributed by atoms with Crippen LogP contribution in [0.15, 0.2) is 0 Å². The fourth-order valence-corrected chi connectivity index (χ4v) is 3.39. The van der Waals surface area contributed by atoms with E-state index in [1.54, 1.807) is 7.05 Å². The molecule has 3 aliphatic carbocycles. The molecule has 4 nitrogen and oxygen atoms in total. The summed E-state index contributed by atoms with van der Waals surface area (Å²) in [7, 11) is -1.39. The van der Waals surface area contributed by atoms with Crippen LogP contribution in [0.4, 0.5) is 0 Å². The lowest BCUT2D eigenvalue weighted by atomic mass is 9.45. The Hall–Kier alpha value is 0.160. The van der Waals surface area contributed by atoms with Gasteiger partial charge in [0.15, 0.2) is 0 Å². The zero-order valence-corrected chi connectivity index (χ0v) is 9.41. The predicted molar refractivity (Wildman–Crippen MR) is 53.4 cm³/mol. The Morgan fingerprint density at radius 2 is 1.69 bits per heavy atom. The summed E-state index contributed by atoms with van der Waals surface area (Å²) < 4.78 is 23.9. The van der Waals surface area contributed by atoms with Crippen molar-refractivity contribution < 1.29 is 8.42 Å². The van der Waals surface area contributed by atoms with Gasteiger partial charge in [-0.3, -0.25) is 0 Å². The zero-order valence-electron chi connectivity index (χ0n) is 7.78. The summed E-state index contributed by atoms with van der Waals surface area (Å²) in [6.07, 6.45) is 3.76. The van der Waals surface area contributed by atoms with E-state index in [4.69, 9.17) is 5.73 Å². The molecule has 3 fully saturated rings. The topological polar surface area (TPSA) is 63.4 Å². The lowest BCUT2D eigenvalue weighted by molar-refractivity contribution is -0.118. The van der Waals surface area contributed by atoms with E-state index >= 15 is 0 Å². The van der Waals surface area contributed by atoms with Gasteiger partial charge in [0.2, 0.25) is 10.0 Å². The van der Waals surface area contributed by atoms with Crippen molar-refractivity contribution in [1.82, 2.24) is 4.31 Å². The summed E-state index contributed by atoms with van der Waals surface area (Å²) >= 11 is 0. The molecule has 0 aromatic heterocycles. The van der Waals surface area contributed by atoms with E-state index < -0.39 is 10.0 Å². The molecular weight excluding hydrogens is 212 g/mol. The van der Waals surface area contributed by atoms with Gasteiger partial charge in [-0.1, -0.05) is 0 Å². The van der Waals surface area contributed by atoms with Crippen molar-refractivity contribution >= 4 is 22.4 Å². The number of nitrogens with two attached hydrogens (primary N) is 1. The first-order valence-electron chi connectivity index (χ1n) is 4.00. The summed E-state index contributed by atoms with van der Waals surface area (Å²) in [6.45, 7) is 0. The molecule has 0 spiro atoms. The van der Waals surface area contributed by atoms with Crippen LogP contribution in [0, 0.1) is 0 Å². The lowest BCUT2D eigenvalue weighted by Crippen LogP contribution is -2.82. The molecule has 2 bridgehead atoms. The molecule has 2 N–H and O–H groups in total. The van der Waals surface area contributed by atoms with Crippen LogP contribution in [0.3, 0.4) is 0 Å². The second kappa shape index (κ2) is 2.59. The molecule has 0 aromatic rings. The Kier molecular flexibility index (Phi) is 2.24. The molecular formula is C7H15ClN2O2S. The number of nitrogens with zero attached hydrogens (tertiary/aromatic N) is 1. The lowest BCUT2D eigenvalue weighted by Gasteiger charge is -2.71. The molecule has 0 heterocycles. The highest BCUT2D eigenvalue weighted by atomic mass is 35.5. The Bertz CT molecular complexity index is 308. The van der Waals surface area contributed by atoms with Crippen LogP contribution in [0.25, 0.3) is 0 Å². The number of hydrogen-bond donors (Lipinski definition) is 1. The SMILES string of the molecule is CN(C12CC(N)(C1)C2)S(C)(=O)=O.Cl. The molecule has 6 heteroatoms. The summed E-state index contributed by atoms with van der Waals surface area (Å²) in [6, 6.07) is 0. The van der Waals surface area contributed by atoms with Gasteiger partial charge in [0, 0.05) is 18.1 Å². The maximum atomic E-state index is 11.2. The van der Waals surface area contributed by atoms with Crippen LogP contribution in [-0.4, -0.2) is 37.1 Å². The van der Waals surface area contributed by atoms with Gasteiger partial charge in [0.25, 0.3) is 0 Å². The molecule has 0 saturated heterocycles. The van der Waals surface area contributed by atoms with Crippen LogP contribution < -0.4 is 5.73 Å². The maximum absolute atomic E-state index is 11.2. The monoisotopic (exact) mass is 226 g/mol. The molecule has 13 heavy (non-hydrogen) atoms. The average Bonchev–Trinajstić information content (AvgIpc) is 1.75. The molecule has 0 aliphatic heterocycles. The second-order valence-corrected chi connectivity index (χ2v) is 6.36. The van der Waals surface area contributed by atoms with Crippen LogP contribution in [0.2, 0.25) is 0 Å². The standard InChI is InChI=1S/C7H14N2O2S.ClH/c1-9(12(2,10)11)7-3-6(8,4-7)5-7;/h3-5,8H2,1-2H3;1H. The summed E-state index contributed by atoms with van der Waals surface area (Å²) in [5.41, 5.74) is 5.69. The van der Waals surface area contributed by atoms with Gasteiger partial charge >= 0.3 is 0 Å². The Morgan fingerprint density at radius 1 is 1.31 bits per heavy atom. The average molecular weight is 227 g/mol. The molecule has 0 atom stereocenters. The van der Waals surface area contributed by atoms with E-state index in [9.17, 15) is 8.42 Å². The molecule has 0 unspecified atom stereocenters. The summed E-state index contributed by atoms with van der Waals surface area (Å²) in [5.74, 6) is 0. The van der Waals surface area contributed by atoms with Gasteiger partial charge in [-0.15, -0.1) is 12.4 Å². The minimum Gasteiger partial charge on any atom is -0.325 e. The zero-order chi connectivity index (χ0) is 9.20. The Labute approximate surface area is 84.9 Å². The highest BCUT2D eigenvalue weighted by molar-refractivity contribution is 7.88. The third kappa shape index (κ3) is 1.38. The predicted octanol–water partition coefficient (Wildman–Crippen LogP) is -0.0666. The van der Waals surface area contributed by atoms with E-state index in [1.807, 2.05) is 0 Å². The minimum absolute atomic E-state index is 0. The number of hydrogen-bond acceptors (Lipinski definition) is 3. The third-order valence-electron chi connectivity index (χ3n) is 3.21. The Balaban J connectivity index is 0.000000845. The smallest absolute Gasteiger partial charge is 0.211 e. The van der Waals surface area contributed by atoms with Crippen LogP contribution in [0.1, 0.15) is 19.3 Å².